The van der Waals surface area contributed by atoms with Crippen molar-refractivity contribution in [2.75, 3.05) is 30.9 Å². The van der Waals surface area contributed by atoms with Crippen LogP contribution in [0.4, 0.5) is 27.8 Å². The average Bonchev–Trinajstić information content (AvgIpc) is 3.12. The summed E-state index contributed by atoms with van der Waals surface area (Å²) in [7, 11) is 1.43. The van der Waals surface area contributed by atoms with Crippen molar-refractivity contribution in [1.82, 2.24) is 14.5 Å². The van der Waals surface area contributed by atoms with Crippen LogP contribution in [0.2, 0.25) is 0 Å². The summed E-state index contributed by atoms with van der Waals surface area (Å²) < 4.78 is 80.3. The first-order valence-corrected chi connectivity index (χ1v) is 14.7. The number of hydrogen-bond acceptors (Lipinski definition) is 6. The van der Waals surface area contributed by atoms with Gasteiger partial charge in [0.05, 0.1) is 28.2 Å². The number of aromatic nitrogens is 2. The first-order chi connectivity index (χ1) is 19.8. The number of anilines is 1. The number of hydrogen-bond donors (Lipinski definition) is 0. The van der Waals surface area contributed by atoms with Gasteiger partial charge in [0.25, 0.3) is 0 Å². The van der Waals surface area contributed by atoms with E-state index in [9.17, 15) is 27.2 Å². The van der Waals surface area contributed by atoms with Gasteiger partial charge in [0, 0.05) is 65.5 Å². The second-order valence-corrected chi connectivity index (χ2v) is 12.2. The molecule has 3 aromatic rings. The number of halogens is 6. The highest BCUT2D eigenvalue weighted by Crippen LogP contribution is 2.49. The molecule has 5 rings (SSSR count). The topological polar surface area (TPSA) is 67.7 Å². The summed E-state index contributed by atoms with van der Waals surface area (Å²) in [4.78, 5) is 33.6. The first-order valence-electron chi connectivity index (χ1n) is 13.0. The lowest BCUT2D eigenvalue weighted by atomic mass is 9.95. The van der Waals surface area contributed by atoms with Crippen molar-refractivity contribution in [3.05, 3.63) is 63.0 Å². The Kier molecular flexibility index (Phi) is 8.18. The van der Waals surface area contributed by atoms with Crippen LogP contribution in [-0.4, -0.2) is 64.5 Å². The number of ether oxygens (including phenoxy) is 1. The number of thioether (sulfide) groups is 1. The zero-order valence-electron chi connectivity index (χ0n) is 22.8. The molecule has 1 aromatic heterocycles. The van der Waals surface area contributed by atoms with Crippen molar-refractivity contribution in [3.8, 4) is 11.1 Å². The molecular formula is C28H26BrF5N4O3S. The van der Waals surface area contributed by atoms with Crippen LogP contribution in [-0.2, 0) is 22.3 Å². The van der Waals surface area contributed by atoms with Crippen LogP contribution in [0.25, 0.3) is 22.0 Å². The molecule has 7 nitrogen and oxygen atoms in total. The van der Waals surface area contributed by atoms with Crippen LogP contribution < -0.4 is 10.6 Å². The molecule has 0 aliphatic carbocycles. The zero-order valence-corrected chi connectivity index (χ0v) is 25.2. The Morgan fingerprint density at radius 2 is 1.81 bits per heavy atom. The van der Waals surface area contributed by atoms with E-state index in [1.54, 1.807) is 23.6 Å². The highest BCUT2D eigenvalue weighted by atomic mass is 79.9. The van der Waals surface area contributed by atoms with E-state index in [4.69, 9.17) is 4.74 Å². The Hall–Kier alpha value is -2.97. The fraction of sp³-hybridized carbons (Fsp3) is 0.393. The van der Waals surface area contributed by atoms with Gasteiger partial charge >= 0.3 is 11.9 Å². The highest BCUT2D eigenvalue weighted by Gasteiger charge is 2.40. The molecule has 0 bridgehead atoms. The second-order valence-electron chi connectivity index (χ2n) is 10.3. The molecule has 0 saturated carbocycles. The molecule has 224 valence electrons. The number of benzene rings is 2. The van der Waals surface area contributed by atoms with Crippen molar-refractivity contribution in [2.45, 2.75) is 49.7 Å². The van der Waals surface area contributed by atoms with Gasteiger partial charge < -0.3 is 14.5 Å². The van der Waals surface area contributed by atoms with Crippen molar-refractivity contribution < 1.29 is 31.5 Å². The van der Waals surface area contributed by atoms with Gasteiger partial charge in [0.15, 0.2) is 0 Å². The van der Waals surface area contributed by atoms with Gasteiger partial charge in [-0.15, -0.1) is 11.8 Å². The maximum absolute atomic E-state index is 15.2. The van der Waals surface area contributed by atoms with E-state index in [0.29, 0.717) is 6.07 Å². The SMILES string of the molecule is C=CC(=O)N1[C@H](C)CN(c2nc(=O)n3c4c(c(-c5cc(Br)c(F)cc5F)c(C(F)(F)F)cc24)SC[C@@H](OC)C3)C[C@@H]1C. The minimum Gasteiger partial charge on any atom is -0.379 e. The zero-order chi connectivity index (χ0) is 30.7. The molecule has 1 fully saturated rings. The largest absolute Gasteiger partial charge is 0.417 e. The summed E-state index contributed by atoms with van der Waals surface area (Å²) in [6.45, 7) is 7.53. The van der Waals surface area contributed by atoms with Crippen molar-refractivity contribution in [1.29, 1.82) is 0 Å². The number of methoxy groups -OCH3 is 1. The second kappa shape index (κ2) is 11.3. The summed E-state index contributed by atoms with van der Waals surface area (Å²) >= 11 is 3.97. The molecule has 3 heterocycles. The fourth-order valence-corrected chi connectivity index (χ4v) is 7.42. The molecular weight excluding hydrogens is 647 g/mol. The molecule has 1 saturated heterocycles. The van der Waals surface area contributed by atoms with Crippen LogP contribution >= 0.6 is 27.7 Å². The number of piperazine rings is 1. The van der Waals surface area contributed by atoms with Crippen LogP contribution in [0.5, 0.6) is 0 Å². The molecule has 0 radical (unpaired) electrons. The van der Waals surface area contributed by atoms with Gasteiger partial charge in [-0.3, -0.25) is 9.36 Å². The highest BCUT2D eigenvalue weighted by molar-refractivity contribution is 9.10. The molecule has 0 N–H and O–H groups in total. The lowest BCUT2D eigenvalue weighted by molar-refractivity contribution is -0.137. The standard InChI is InChI=1S/C28H26BrF5N4O3S/c1-5-22(39)38-13(2)9-36(10-14(38)3)26-17-6-18(28(32,33)34)23(16-7-19(29)21(31)8-20(16)30)25-24(17)37(27(40)35-26)11-15(41-4)12-42-25/h5-8,13-15H,1,9-12H2,2-4H3/t13-,14+,15-/m0/s1. The summed E-state index contributed by atoms with van der Waals surface area (Å²) in [6.07, 6.45) is -4.31. The molecule has 3 atom stereocenters. The lowest BCUT2D eigenvalue weighted by Crippen LogP contribution is -2.58. The molecule has 0 spiro atoms. The summed E-state index contributed by atoms with van der Waals surface area (Å²) in [5, 5.41) is 0.0504. The van der Waals surface area contributed by atoms with Gasteiger partial charge in [-0.25, -0.2) is 13.6 Å². The summed E-state index contributed by atoms with van der Waals surface area (Å²) in [6, 6.07) is 1.64. The Balaban J connectivity index is 1.85. The Morgan fingerprint density at radius 3 is 2.40 bits per heavy atom. The molecule has 0 unspecified atom stereocenters. The molecule has 2 aliphatic rings. The maximum Gasteiger partial charge on any atom is 0.417 e. The minimum absolute atomic E-state index is 0.00787. The van der Waals surface area contributed by atoms with E-state index >= 15 is 4.39 Å². The van der Waals surface area contributed by atoms with E-state index in [0.717, 1.165) is 23.9 Å². The van der Waals surface area contributed by atoms with E-state index in [2.05, 4.69) is 27.5 Å². The number of carbonyl (C=O) groups excluding carboxylic acids is 1. The molecule has 14 heteroatoms. The molecule has 1 amide bonds. The third kappa shape index (κ3) is 5.21. The van der Waals surface area contributed by atoms with E-state index in [-0.39, 0.29) is 69.5 Å². The van der Waals surface area contributed by atoms with Crippen LogP contribution in [0.15, 0.2) is 45.0 Å². The Labute approximate surface area is 250 Å². The number of amides is 1. The number of carbonyl (C=O) groups is 1. The molecule has 2 aliphatic heterocycles. The van der Waals surface area contributed by atoms with Gasteiger partial charge in [-0.1, -0.05) is 6.58 Å². The summed E-state index contributed by atoms with van der Waals surface area (Å²) in [5.41, 5.74) is -2.67. The van der Waals surface area contributed by atoms with Crippen molar-refractivity contribution in [2.24, 2.45) is 0 Å². The molecule has 2 aromatic carbocycles. The fourth-order valence-electron chi connectivity index (χ4n) is 5.76. The lowest BCUT2D eigenvalue weighted by Gasteiger charge is -2.44. The van der Waals surface area contributed by atoms with Crippen LogP contribution in [0.3, 0.4) is 0 Å². The third-order valence-electron chi connectivity index (χ3n) is 7.56. The smallest absolute Gasteiger partial charge is 0.379 e. The molecule has 42 heavy (non-hydrogen) atoms. The minimum atomic E-state index is -4.95. The monoisotopic (exact) mass is 672 g/mol. The normalized spacial score (nSPS) is 21.0. The van der Waals surface area contributed by atoms with E-state index in [1.165, 1.54) is 17.8 Å². The number of nitrogens with zero attached hydrogens (tertiary/aromatic N) is 4. The predicted octanol–water partition coefficient (Wildman–Crippen LogP) is 5.86. The summed E-state index contributed by atoms with van der Waals surface area (Å²) in [5.74, 6) is -2.24. The first kappa shape index (κ1) is 30.5. The van der Waals surface area contributed by atoms with Gasteiger partial charge in [0.1, 0.15) is 17.5 Å². The average molecular weight is 674 g/mol. The van der Waals surface area contributed by atoms with Gasteiger partial charge in [0.2, 0.25) is 5.91 Å². The van der Waals surface area contributed by atoms with E-state index < -0.39 is 46.3 Å². The van der Waals surface area contributed by atoms with Crippen LogP contribution in [0.1, 0.15) is 19.4 Å². The number of rotatable bonds is 4. The Morgan fingerprint density at radius 1 is 1.14 bits per heavy atom. The maximum atomic E-state index is 15.2. The quantitative estimate of drug-likeness (QED) is 0.197. The van der Waals surface area contributed by atoms with Gasteiger partial charge in [-0.2, -0.15) is 18.2 Å². The van der Waals surface area contributed by atoms with Gasteiger partial charge in [-0.05, 0) is 48.0 Å². The van der Waals surface area contributed by atoms with Crippen LogP contribution in [0, 0.1) is 11.6 Å². The van der Waals surface area contributed by atoms with Crippen molar-refractivity contribution >= 4 is 50.3 Å². The third-order valence-corrected chi connectivity index (χ3v) is 9.40. The Bertz CT molecular complexity index is 1650. The van der Waals surface area contributed by atoms with Crippen molar-refractivity contribution in [3.63, 3.8) is 0 Å². The number of alkyl halides is 3. The predicted molar refractivity (Wildman–Crippen MR) is 154 cm³/mol. The van der Waals surface area contributed by atoms with E-state index in [1.807, 2.05) is 0 Å².